The minimum Gasteiger partial charge on any atom is -0.395 e. The lowest BCUT2D eigenvalue weighted by Gasteiger charge is -2.26. The zero-order chi connectivity index (χ0) is 26.3. The van der Waals surface area contributed by atoms with E-state index in [0.29, 0.717) is 25.1 Å². The molecule has 0 aromatic heterocycles. The van der Waals surface area contributed by atoms with Crippen LogP contribution in [0.3, 0.4) is 0 Å². The molecule has 0 aliphatic rings. The van der Waals surface area contributed by atoms with E-state index in [2.05, 4.69) is 15.5 Å². The molecular formula is C26H37N5O5. The second kappa shape index (κ2) is 15.5. The number of nitrogens with one attached hydrogen (secondary N) is 2. The fourth-order valence-electron chi connectivity index (χ4n) is 3.67. The first-order chi connectivity index (χ1) is 17.3. The van der Waals surface area contributed by atoms with Gasteiger partial charge < -0.3 is 25.5 Å². The number of carbonyl (C=O) groups excluding carboxylic acids is 2. The smallest absolute Gasteiger partial charge is 0.318 e. The molecule has 0 saturated heterocycles. The molecule has 0 saturated carbocycles. The molecule has 0 fully saturated rings. The van der Waals surface area contributed by atoms with E-state index in [-0.39, 0.29) is 31.2 Å². The molecule has 0 bridgehead atoms. The number of hydrogen-bond donors (Lipinski definition) is 3. The molecular weight excluding hydrogens is 462 g/mol. The van der Waals surface area contributed by atoms with Crippen molar-refractivity contribution in [2.24, 2.45) is 0 Å². The van der Waals surface area contributed by atoms with Gasteiger partial charge in [-0.1, -0.05) is 42.5 Å². The highest BCUT2D eigenvalue weighted by atomic mass is 16.6. The highest BCUT2D eigenvalue weighted by Crippen LogP contribution is 2.14. The van der Waals surface area contributed by atoms with Crippen molar-refractivity contribution in [3.8, 4) is 0 Å². The molecule has 0 aliphatic carbocycles. The van der Waals surface area contributed by atoms with Crippen LogP contribution in [0, 0.1) is 10.1 Å². The molecule has 3 amide bonds. The van der Waals surface area contributed by atoms with Crippen LogP contribution >= 0.6 is 0 Å². The van der Waals surface area contributed by atoms with Crippen molar-refractivity contribution >= 4 is 17.6 Å². The average Bonchev–Trinajstić information content (AvgIpc) is 2.86. The Bertz CT molecular complexity index is 953. The summed E-state index contributed by atoms with van der Waals surface area (Å²) in [5, 5.41) is 26.1. The van der Waals surface area contributed by atoms with E-state index in [9.17, 15) is 24.8 Å². The zero-order valence-electron chi connectivity index (χ0n) is 21.1. The summed E-state index contributed by atoms with van der Waals surface area (Å²) in [6.45, 7) is 1.71. The van der Waals surface area contributed by atoms with Crippen molar-refractivity contribution in [1.29, 1.82) is 0 Å². The lowest BCUT2D eigenvalue weighted by Crippen LogP contribution is -2.53. The molecule has 0 unspecified atom stereocenters. The molecule has 0 aliphatic heterocycles. The number of benzene rings is 2. The van der Waals surface area contributed by atoms with Crippen LogP contribution in [-0.2, 0) is 17.6 Å². The fourth-order valence-corrected chi connectivity index (χ4v) is 3.67. The first kappa shape index (κ1) is 28.7. The fraction of sp³-hybridized carbons (Fsp3) is 0.462. The molecule has 0 spiro atoms. The molecule has 0 radical (unpaired) electrons. The van der Waals surface area contributed by atoms with Gasteiger partial charge in [-0.25, -0.2) is 4.79 Å². The molecule has 1 atom stereocenters. The average molecular weight is 500 g/mol. The van der Waals surface area contributed by atoms with Gasteiger partial charge in [-0.05, 0) is 51.0 Å². The first-order valence-electron chi connectivity index (χ1n) is 12.2. The summed E-state index contributed by atoms with van der Waals surface area (Å²) >= 11 is 0. The van der Waals surface area contributed by atoms with Gasteiger partial charge in [0.25, 0.3) is 5.69 Å². The third-order valence-electron chi connectivity index (χ3n) is 5.70. The van der Waals surface area contributed by atoms with Crippen LogP contribution in [0.15, 0.2) is 54.6 Å². The monoisotopic (exact) mass is 499 g/mol. The van der Waals surface area contributed by atoms with E-state index in [1.807, 2.05) is 44.4 Å². The highest BCUT2D eigenvalue weighted by molar-refractivity contribution is 5.87. The number of hydrogen-bond acceptors (Lipinski definition) is 6. The lowest BCUT2D eigenvalue weighted by molar-refractivity contribution is -0.384. The number of carbonyl (C=O) groups is 2. The van der Waals surface area contributed by atoms with Crippen LogP contribution < -0.4 is 10.6 Å². The Labute approximate surface area is 212 Å². The van der Waals surface area contributed by atoms with Crippen molar-refractivity contribution in [1.82, 2.24) is 20.4 Å². The van der Waals surface area contributed by atoms with Gasteiger partial charge in [-0.15, -0.1) is 0 Å². The second-order valence-electron chi connectivity index (χ2n) is 8.88. The summed E-state index contributed by atoms with van der Waals surface area (Å²) in [5.41, 5.74) is 1.71. The van der Waals surface area contributed by atoms with Gasteiger partial charge in [0.05, 0.1) is 11.5 Å². The third-order valence-corrected chi connectivity index (χ3v) is 5.70. The van der Waals surface area contributed by atoms with Gasteiger partial charge in [0.15, 0.2) is 0 Å². The van der Waals surface area contributed by atoms with E-state index in [1.54, 1.807) is 12.1 Å². The van der Waals surface area contributed by atoms with Crippen LogP contribution in [0.1, 0.15) is 24.0 Å². The Morgan fingerprint density at radius 1 is 0.972 bits per heavy atom. The Morgan fingerprint density at radius 3 is 2.28 bits per heavy atom. The summed E-state index contributed by atoms with van der Waals surface area (Å²) in [6, 6.07) is 14.3. The van der Waals surface area contributed by atoms with E-state index < -0.39 is 17.0 Å². The van der Waals surface area contributed by atoms with Crippen molar-refractivity contribution in [3.63, 3.8) is 0 Å². The van der Waals surface area contributed by atoms with Crippen molar-refractivity contribution in [2.45, 2.75) is 31.7 Å². The van der Waals surface area contributed by atoms with E-state index in [4.69, 9.17) is 0 Å². The highest BCUT2D eigenvalue weighted by Gasteiger charge is 2.24. The molecule has 2 aromatic rings. The second-order valence-corrected chi connectivity index (χ2v) is 8.88. The summed E-state index contributed by atoms with van der Waals surface area (Å²) in [5.74, 6) is -0.321. The predicted molar refractivity (Wildman–Crippen MR) is 139 cm³/mol. The lowest BCUT2D eigenvalue weighted by atomic mass is 10.0. The number of aliphatic hydroxyl groups is 1. The van der Waals surface area contributed by atoms with Crippen LogP contribution in [-0.4, -0.2) is 84.7 Å². The Morgan fingerprint density at radius 2 is 1.67 bits per heavy atom. The number of amides is 3. The molecule has 10 heteroatoms. The van der Waals surface area contributed by atoms with Gasteiger partial charge in [0.1, 0.15) is 6.04 Å². The summed E-state index contributed by atoms with van der Waals surface area (Å²) in [7, 11) is 3.98. The maximum atomic E-state index is 13.1. The van der Waals surface area contributed by atoms with Gasteiger partial charge in [-0.3, -0.25) is 14.9 Å². The number of aliphatic hydroxyl groups excluding tert-OH is 1. The first-order valence-corrected chi connectivity index (χ1v) is 12.2. The van der Waals surface area contributed by atoms with Gasteiger partial charge in [-0.2, -0.15) is 0 Å². The molecule has 0 heterocycles. The van der Waals surface area contributed by atoms with Crippen LogP contribution in [0.4, 0.5) is 10.5 Å². The third kappa shape index (κ3) is 10.4. The summed E-state index contributed by atoms with van der Waals surface area (Å²) < 4.78 is 0. The molecule has 2 rings (SSSR count). The number of nitro benzene ring substituents is 1. The molecule has 10 nitrogen and oxygen atoms in total. The predicted octanol–water partition coefficient (Wildman–Crippen LogP) is 2.21. The molecule has 2 aromatic carbocycles. The maximum Gasteiger partial charge on any atom is 0.318 e. The minimum atomic E-state index is -0.870. The minimum absolute atomic E-state index is 0.0419. The maximum absolute atomic E-state index is 13.1. The number of non-ortho nitro benzene ring substituents is 1. The summed E-state index contributed by atoms with van der Waals surface area (Å²) in [4.78, 5) is 40.1. The molecule has 36 heavy (non-hydrogen) atoms. The van der Waals surface area contributed by atoms with Gasteiger partial charge >= 0.3 is 6.03 Å². The Hall–Kier alpha value is -3.50. The molecule has 3 N–H and O–H groups in total. The quantitative estimate of drug-likeness (QED) is 0.196. The number of unbranched alkanes of at least 4 members (excludes halogenated alkanes) is 1. The number of rotatable bonds is 15. The van der Waals surface area contributed by atoms with Crippen LogP contribution in [0.25, 0.3) is 0 Å². The number of nitrogens with zero attached hydrogens (tertiary/aromatic N) is 3. The normalized spacial score (nSPS) is 11.7. The standard InChI is InChI=1S/C26H37N5O5/c1-29(2)16-7-6-15-27-25(33)24(20-22-10-12-23(13-11-22)31(35)36)28-26(34)30(18-19-32)17-14-21-8-4-3-5-9-21/h3-5,8-13,24,32H,6-7,14-20H2,1-2H3,(H,27,33)(H,28,34)/t24-/m0/s1. The van der Waals surface area contributed by atoms with Crippen LogP contribution in [0.5, 0.6) is 0 Å². The van der Waals surface area contributed by atoms with E-state index >= 15 is 0 Å². The largest absolute Gasteiger partial charge is 0.395 e. The Balaban J connectivity index is 2.06. The van der Waals surface area contributed by atoms with Crippen molar-refractivity contribution in [2.75, 3.05) is 46.9 Å². The van der Waals surface area contributed by atoms with Crippen molar-refractivity contribution < 1.29 is 19.6 Å². The van der Waals surface area contributed by atoms with Gasteiger partial charge in [0, 0.05) is 38.2 Å². The number of nitro groups is 1. The topological polar surface area (TPSA) is 128 Å². The number of urea groups is 1. The van der Waals surface area contributed by atoms with E-state index in [0.717, 1.165) is 24.9 Å². The summed E-state index contributed by atoms with van der Waals surface area (Å²) in [6.07, 6.45) is 2.52. The SMILES string of the molecule is CN(C)CCCCNC(=O)[C@H](Cc1ccc([N+](=O)[O-])cc1)NC(=O)N(CCO)CCc1ccccc1. The van der Waals surface area contributed by atoms with Gasteiger partial charge in [0.2, 0.25) is 5.91 Å². The molecule has 196 valence electrons. The van der Waals surface area contributed by atoms with Crippen LogP contribution in [0.2, 0.25) is 0 Å². The van der Waals surface area contributed by atoms with Crippen molar-refractivity contribution in [3.05, 3.63) is 75.8 Å². The van der Waals surface area contributed by atoms with E-state index in [1.165, 1.54) is 17.0 Å². The zero-order valence-corrected chi connectivity index (χ0v) is 21.1. The Kier molecular flexibility index (Phi) is 12.4.